The van der Waals surface area contributed by atoms with Crippen LogP contribution in [0.2, 0.25) is 0 Å². The van der Waals surface area contributed by atoms with Crippen molar-refractivity contribution >= 4 is 39.1 Å². The van der Waals surface area contributed by atoms with Crippen molar-refractivity contribution in [2.75, 3.05) is 5.73 Å². The lowest BCUT2D eigenvalue weighted by Crippen LogP contribution is -1.99. The molecule has 3 rings (SSSR count). The Morgan fingerprint density at radius 1 is 1.20 bits per heavy atom. The third kappa shape index (κ3) is 2.36. The van der Waals surface area contributed by atoms with E-state index < -0.39 is 0 Å². The van der Waals surface area contributed by atoms with Crippen LogP contribution in [0.3, 0.4) is 0 Å². The zero-order valence-corrected chi connectivity index (χ0v) is 12.9. The van der Waals surface area contributed by atoms with E-state index in [1.54, 1.807) is 18.3 Å². The summed E-state index contributed by atoms with van der Waals surface area (Å²) in [5.41, 5.74) is 7.20. The molecule has 3 aromatic rings. The Morgan fingerprint density at radius 3 is 2.70 bits per heavy atom. The highest BCUT2D eigenvalue weighted by molar-refractivity contribution is 7.98. The molecule has 0 radical (unpaired) electrons. The summed E-state index contributed by atoms with van der Waals surface area (Å²) in [5, 5.41) is 9.19. The average molecular weight is 307 g/mol. The summed E-state index contributed by atoms with van der Waals surface area (Å²) in [6.07, 6.45) is 0. The molecule has 0 atom stereocenters. The number of hydrogen-bond donors (Lipinski definition) is 1. The van der Waals surface area contributed by atoms with Gasteiger partial charge in [-0.1, -0.05) is 11.8 Å². The molecule has 0 spiro atoms. The van der Waals surface area contributed by atoms with Gasteiger partial charge in [-0.3, -0.25) is 0 Å². The maximum Gasteiger partial charge on any atom is 0.277 e. The van der Waals surface area contributed by atoms with Gasteiger partial charge in [0.2, 0.25) is 5.89 Å². The number of aromatic nitrogens is 4. The summed E-state index contributed by atoms with van der Waals surface area (Å²) < 4.78 is 5.30. The molecule has 0 amide bonds. The largest absolute Gasteiger partial charge is 0.416 e. The summed E-state index contributed by atoms with van der Waals surface area (Å²) in [6.45, 7) is 5.87. The van der Waals surface area contributed by atoms with Crippen molar-refractivity contribution in [1.82, 2.24) is 20.2 Å². The number of thioether (sulfide) groups is 1. The highest BCUT2D eigenvalue weighted by Crippen LogP contribution is 2.32. The van der Waals surface area contributed by atoms with Crippen molar-refractivity contribution in [2.24, 2.45) is 0 Å². The Kier molecular flexibility index (Phi) is 3.35. The standard InChI is InChI=1S/C12H13N5OS2/c1-5-6(2)20-11-9(5)10(13)14-8(15-11)4-19-12-17-16-7(3)18-12/h4H2,1-3H3,(H2,13,14,15). The predicted molar refractivity (Wildman–Crippen MR) is 79.9 cm³/mol. The molecule has 0 saturated carbocycles. The zero-order valence-electron chi connectivity index (χ0n) is 11.3. The number of nitrogens with two attached hydrogens (primary N) is 1. The molecule has 6 nitrogen and oxygen atoms in total. The molecular formula is C12H13N5OS2. The molecule has 0 saturated heterocycles. The lowest BCUT2D eigenvalue weighted by Gasteiger charge is -2.01. The van der Waals surface area contributed by atoms with E-state index in [-0.39, 0.29) is 0 Å². The number of fused-ring (bicyclic) bond motifs is 1. The van der Waals surface area contributed by atoms with Crippen LogP contribution in [0.5, 0.6) is 0 Å². The smallest absolute Gasteiger partial charge is 0.277 e. The van der Waals surface area contributed by atoms with Crippen molar-refractivity contribution in [2.45, 2.75) is 31.7 Å². The summed E-state index contributed by atoms with van der Waals surface area (Å²) in [7, 11) is 0. The number of aryl methyl sites for hydroxylation is 3. The number of rotatable bonds is 3. The quantitative estimate of drug-likeness (QED) is 0.744. The van der Waals surface area contributed by atoms with Gasteiger partial charge >= 0.3 is 0 Å². The number of nitrogens with zero attached hydrogens (tertiary/aromatic N) is 4. The van der Waals surface area contributed by atoms with Gasteiger partial charge in [-0.2, -0.15) is 0 Å². The molecule has 0 fully saturated rings. The van der Waals surface area contributed by atoms with Crippen LogP contribution >= 0.6 is 23.1 Å². The summed E-state index contributed by atoms with van der Waals surface area (Å²) in [4.78, 5) is 11.1. The fourth-order valence-electron chi connectivity index (χ4n) is 1.85. The number of nitrogen functional groups attached to an aromatic ring is 1. The first kappa shape index (κ1) is 13.3. The molecular weight excluding hydrogens is 294 g/mol. The van der Waals surface area contributed by atoms with Crippen LogP contribution in [0.25, 0.3) is 10.2 Å². The van der Waals surface area contributed by atoms with Gasteiger partial charge in [-0.15, -0.1) is 21.5 Å². The summed E-state index contributed by atoms with van der Waals surface area (Å²) in [5.74, 6) is 2.32. The summed E-state index contributed by atoms with van der Waals surface area (Å²) in [6, 6.07) is 0. The average Bonchev–Trinajstić information content (AvgIpc) is 2.92. The third-order valence-electron chi connectivity index (χ3n) is 2.94. The minimum atomic E-state index is 0.517. The Bertz CT molecular complexity index is 780. The fraction of sp³-hybridized carbons (Fsp3) is 0.333. The van der Waals surface area contributed by atoms with E-state index in [1.165, 1.54) is 16.6 Å². The van der Waals surface area contributed by atoms with Gasteiger partial charge in [0.05, 0.1) is 11.1 Å². The minimum Gasteiger partial charge on any atom is -0.416 e. The van der Waals surface area contributed by atoms with Gasteiger partial charge in [0.1, 0.15) is 16.5 Å². The van der Waals surface area contributed by atoms with Crippen LogP contribution in [-0.2, 0) is 5.75 Å². The molecule has 0 bridgehead atoms. The van der Waals surface area contributed by atoms with E-state index >= 15 is 0 Å². The highest BCUT2D eigenvalue weighted by atomic mass is 32.2. The van der Waals surface area contributed by atoms with E-state index in [9.17, 15) is 0 Å². The highest BCUT2D eigenvalue weighted by Gasteiger charge is 2.13. The molecule has 3 aromatic heterocycles. The second-order valence-electron chi connectivity index (χ2n) is 4.36. The molecule has 0 unspecified atom stereocenters. The molecule has 0 aromatic carbocycles. The van der Waals surface area contributed by atoms with Crippen LogP contribution in [0.4, 0.5) is 5.82 Å². The number of thiophene rings is 1. The Balaban J connectivity index is 1.89. The van der Waals surface area contributed by atoms with E-state index in [0.29, 0.717) is 28.5 Å². The van der Waals surface area contributed by atoms with E-state index in [1.807, 2.05) is 6.92 Å². The second-order valence-corrected chi connectivity index (χ2v) is 6.49. The Labute approximate surface area is 123 Å². The van der Waals surface area contributed by atoms with Gasteiger partial charge in [0.15, 0.2) is 0 Å². The molecule has 3 heterocycles. The van der Waals surface area contributed by atoms with Gasteiger partial charge in [-0.25, -0.2) is 9.97 Å². The predicted octanol–water partition coefficient (Wildman–Crippen LogP) is 2.87. The molecule has 104 valence electrons. The van der Waals surface area contributed by atoms with Gasteiger partial charge in [0, 0.05) is 11.8 Å². The van der Waals surface area contributed by atoms with Crippen LogP contribution in [0, 0.1) is 20.8 Å². The SMILES string of the molecule is Cc1nnc(SCc2nc(N)c3c(C)c(C)sc3n2)o1. The first-order chi connectivity index (χ1) is 9.54. The maximum atomic E-state index is 6.04. The first-order valence-corrected chi connectivity index (χ1v) is 7.80. The molecule has 8 heteroatoms. The molecule has 0 aliphatic carbocycles. The maximum absolute atomic E-state index is 6.04. The van der Waals surface area contributed by atoms with Gasteiger partial charge in [0.25, 0.3) is 5.22 Å². The molecule has 0 aliphatic rings. The van der Waals surface area contributed by atoms with Crippen LogP contribution < -0.4 is 5.73 Å². The number of hydrogen-bond acceptors (Lipinski definition) is 8. The van der Waals surface area contributed by atoms with E-state index in [2.05, 4.69) is 27.1 Å². The third-order valence-corrected chi connectivity index (χ3v) is 4.85. The minimum absolute atomic E-state index is 0.517. The zero-order chi connectivity index (χ0) is 14.3. The van der Waals surface area contributed by atoms with Crippen molar-refractivity contribution in [1.29, 1.82) is 0 Å². The topological polar surface area (TPSA) is 90.7 Å². The van der Waals surface area contributed by atoms with E-state index in [4.69, 9.17) is 10.2 Å². The van der Waals surface area contributed by atoms with Crippen molar-refractivity contribution in [3.8, 4) is 0 Å². The van der Waals surface area contributed by atoms with Crippen LogP contribution in [-0.4, -0.2) is 20.2 Å². The lowest BCUT2D eigenvalue weighted by molar-refractivity contribution is 0.429. The molecule has 2 N–H and O–H groups in total. The van der Waals surface area contributed by atoms with E-state index in [0.717, 1.165) is 15.8 Å². The van der Waals surface area contributed by atoms with Crippen molar-refractivity contribution in [3.63, 3.8) is 0 Å². The fourth-order valence-corrected chi connectivity index (χ4v) is 3.57. The van der Waals surface area contributed by atoms with Gasteiger partial charge in [-0.05, 0) is 19.4 Å². The van der Waals surface area contributed by atoms with Gasteiger partial charge < -0.3 is 10.2 Å². The Morgan fingerprint density at radius 2 is 2.00 bits per heavy atom. The Hall–Kier alpha value is -1.67. The normalized spacial score (nSPS) is 11.3. The first-order valence-electron chi connectivity index (χ1n) is 5.99. The van der Waals surface area contributed by atoms with Crippen molar-refractivity contribution in [3.05, 3.63) is 22.2 Å². The summed E-state index contributed by atoms with van der Waals surface area (Å²) >= 11 is 3.05. The molecule has 0 aliphatic heterocycles. The molecule has 20 heavy (non-hydrogen) atoms. The van der Waals surface area contributed by atoms with Crippen LogP contribution in [0.1, 0.15) is 22.2 Å². The second kappa shape index (κ2) is 5.02. The van der Waals surface area contributed by atoms with Crippen LogP contribution in [0.15, 0.2) is 9.64 Å². The monoisotopic (exact) mass is 307 g/mol. The lowest BCUT2D eigenvalue weighted by atomic mass is 10.2. The number of anilines is 1. The van der Waals surface area contributed by atoms with Crippen molar-refractivity contribution < 1.29 is 4.42 Å².